The summed E-state index contributed by atoms with van der Waals surface area (Å²) in [6, 6.07) is 48.0. The van der Waals surface area contributed by atoms with Gasteiger partial charge in [-0.2, -0.15) is 87.3 Å². The number of hydrogen-bond donors (Lipinski definition) is 4. The molecule has 0 radical (unpaired) electrons. The molecule has 49 heteroatoms. The van der Waals surface area contributed by atoms with Gasteiger partial charge in [0, 0.05) is 117 Å². The summed E-state index contributed by atoms with van der Waals surface area (Å²) in [4.78, 5) is 95.5. The van der Waals surface area contributed by atoms with Gasteiger partial charge >= 0.3 is 55.9 Å². The van der Waals surface area contributed by atoms with Crippen molar-refractivity contribution in [1.82, 2.24) is 69.2 Å². The van der Waals surface area contributed by atoms with Crippen LogP contribution in [0.2, 0.25) is 0 Å². The Morgan fingerprint density at radius 3 is 1.32 bits per heavy atom. The topological polar surface area (TPSA) is 336 Å². The van der Waals surface area contributed by atoms with Crippen molar-refractivity contribution in [3.63, 3.8) is 0 Å². The van der Waals surface area contributed by atoms with Gasteiger partial charge in [0.1, 0.15) is 65.9 Å². The van der Waals surface area contributed by atoms with Crippen molar-refractivity contribution < 1.29 is 117 Å². The van der Waals surface area contributed by atoms with Crippen LogP contribution in [0.4, 0.5) is 172 Å². The van der Waals surface area contributed by atoms with E-state index >= 15 is 0 Å². The molecule has 8 amide bonds. The van der Waals surface area contributed by atoms with Gasteiger partial charge < -0.3 is 44.2 Å². The molecule has 0 fully saturated rings. The number of H-pyrrole nitrogens is 1. The number of ether oxygens (including phenoxy) is 5. The zero-order valence-electron chi connectivity index (χ0n) is 80.5. The normalized spacial score (nSPS) is 14.6. The summed E-state index contributed by atoms with van der Waals surface area (Å²) in [6.07, 6.45) is -8.61. The van der Waals surface area contributed by atoms with Crippen LogP contribution in [0.25, 0.3) is 43.7 Å². The van der Waals surface area contributed by atoms with Gasteiger partial charge in [0.05, 0.1) is 101 Å². The molecule has 0 atom stereocenters. The molecule has 20 rings (SSSR count). The zero-order valence-corrected chi connectivity index (χ0v) is 74.5. The van der Waals surface area contributed by atoms with Crippen LogP contribution in [0, 0.1) is 6.92 Å². The molecule has 12 heterocycles. The number of rotatable bonds is 23. The molecule has 16 aromatic rings. The second kappa shape index (κ2) is 40.2. The molecule has 0 bridgehead atoms. The van der Waals surface area contributed by atoms with E-state index < -0.39 is 96.5 Å². The van der Waals surface area contributed by atoms with E-state index in [1.165, 1.54) is 140 Å². The van der Waals surface area contributed by atoms with Crippen molar-refractivity contribution in [1.29, 1.82) is 0 Å². The number of carbonyl (C=O) groups excluding carboxylic acids is 4. The Balaban J connectivity index is 0.000000136. The molecule has 34 nitrogen and oxygen atoms in total. The molecule has 4 aliphatic heterocycles. The number of imidazole rings is 1. The van der Waals surface area contributed by atoms with Crippen LogP contribution < -0.4 is 78.8 Å². The molecule has 738 valence electrons. The summed E-state index contributed by atoms with van der Waals surface area (Å²) >= 11 is 0. The molecule has 4 aliphatic rings. The number of benzene rings is 8. The van der Waals surface area contributed by atoms with Crippen LogP contribution in [0.5, 0.6) is 28.9 Å². The standard InChI is InChI=1S/C24H20F5N7O2.C24H19F2N7O2.C23H19F5N4O3.C23H20F3N7O2/c1-13-32-18-8-5-16(9-19(18)34(13)2)35-11-14-10-30-22(31-12-24(27,28)29)33-20(14)36(23(35)37)15-3-6-17(7-4-15)38-21(25)26;1-31-11-16-9-17(3-6-20(16)30-31)32-12-14-2-7-22(35-13-21(25)26)28-23(14)33(24(32)34)18-4-5-19-15(8-18)10-27-29-19;1-34-17-7-3-15(4-8-17)31-12-14-2-11-19(29-13-23(26,27)28)30-20(14)32(22(31)33)16-5-9-18(10-6-16)35-21(24)25;1-31-11-14-9-17(5-8-19(14)30-31)32-12-15-10-27-21(28-13-23(24,25)26)29-20(15)33(22(32)34)16-3-6-18(35-2)7-4-16/h3-10,21H,11-12H2,1-2H3,(H,30,31,33);2-11,21H,12-13H2,1H3,(H,27,29);2-11,21H,12-13H2,1H3,(H,29,30);3-11H,12-13H2,1-2H3,(H,27,28,29)/i;;;1D3,2D3. The Labute approximate surface area is 807 Å². The van der Waals surface area contributed by atoms with Gasteiger partial charge in [-0.25, -0.2) is 67.5 Å². The minimum absolute atomic E-state index is 0.00206. The highest BCUT2D eigenvalue weighted by Crippen LogP contribution is 2.45. The second-order valence-corrected chi connectivity index (χ2v) is 31.8. The molecule has 0 spiro atoms. The van der Waals surface area contributed by atoms with E-state index in [9.17, 15) is 85.0 Å². The Bertz CT molecular complexity index is 7670. The van der Waals surface area contributed by atoms with E-state index in [0.717, 1.165) is 53.8 Å². The molecule has 8 aromatic carbocycles. The number of aromatic amines is 1. The minimum Gasteiger partial charge on any atom is -0.497 e. The average molecular weight is 1990 g/mol. The highest BCUT2D eigenvalue weighted by atomic mass is 19.4. The van der Waals surface area contributed by atoms with Crippen molar-refractivity contribution in [2.45, 2.75) is 71.3 Å². The Morgan fingerprint density at radius 1 is 0.420 bits per heavy atom. The lowest BCUT2D eigenvalue weighted by molar-refractivity contribution is -0.116. The number of anilines is 15. The summed E-state index contributed by atoms with van der Waals surface area (Å²) in [7, 11) is 2.50. The highest BCUT2D eigenvalue weighted by Gasteiger charge is 2.42. The first-order chi connectivity index (χ1) is 70.7. The van der Waals surface area contributed by atoms with Gasteiger partial charge in [-0.3, -0.25) is 34.1 Å². The lowest BCUT2D eigenvalue weighted by atomic mass is 10.1. The summed E-state index contributed by atoms with van der Waals surface area (Å²) in [5.41, 5.74) is 9.17. The number of nitrogens with zero attached hydrogens (tertiary/aromatic N) is 21. The van der Waals surface area contributed by atoms with Crippen LogP contribution in [0.15, 0.2) is 225 Å². The van der Waals surface area contributed by atoms with E-state index in [1.54, 1.807) is 94.6 Å². The van der Waals surface area contributed by atoms with Crippen LogP contribution in [0.1, 0.15) is 36.3 Å². The van der Waals surface area contributed by atoms with Crippen LogP contribution in [-0.2, 0) is 47.3 Å². The van der Waals surface area contributed by atoms with Crippen molar-refractivity contribution in [2.24, 2.45) is 21.1 Å². The minimum atomic E-state index is -4.53. The van der Waals surface area contributed by atoms with Gasteiger partial charge in [-0.05, 0) is 195 Å². The third kappa shape index (κ3) is 22.0. The fourth-order valence-corrected chi connectivity index (χ4v) is 15.6. The number of alkyl halides is 15. The summed E-state index contributed by atoms with van der Waals surface area (Å²) < 4.78 is 263. The van der Waals surface area contributed by atoms with E-state index in [4.69, 9.17) is 22.4 Å². The lowest BCUT2D eigenvalue weighted by Crippen LogP contribution is -2.45. The van der Waals surface area contributed by atoms with E-state index in [-0.39, 0.29) is 108 Å². The van der Waals surface area contributed by atoms with Crippen LogP contribution >= 0.6 is 0 Å². The number of methoxy groups -OCH3 is 2. The Morgan fingerprint density at radius 2 is 0.832 bits per heavy atom. The molecule has 0 unspecified atom stereocenters. The SMILES string of the molecule is COc1ccc(N2Cc3ccc(NCC(F)(F)F)nc3N(c3ccc(OC(F)F)cc3)C2=O)cc1.Cc1nc2ccc(N3Cc4cnc(NCC(F)(F)F)nc4N(c4ccc(OC(F)F)cc4)C3=O)cc2n1C.Cn1cc2cc(N3Cc4ccc(OCC(F)F)nc4N(c4ccc5[nH]ncc5c4)C3=O)ccc2n1.[2H]C([2H])([2H])Oc1ccc(N2C(=O)N(c3ccc4nn(C([2H])([2H])[2H])cc4c3)Cc3cnc(NCC(F)(F)F)nc32)cc1. The fraction of sp³-hybridized carbons (Fsp3) is 0.213. The number of aryl methyl sites for hydroxylation is 4. The smallest absolute Gasteiger partial charge is 0.405 e. The third-order valence-corrected chi connectivity index (χ3v) is 22.2. The number of pyridine rings is 2. The van der Waals surface area contributed by atoms with Gasteiger partial charge in [0.2, 0.25) is 17.8 Å². The van der Waals surface area contributed by atoms with Crippen LogP contribution in [-0.4, -0.2) is 172 Å². The van der Waals surface area contributed by atoms with Gasteiger partial charge in [-0.1, -0.05) is 0 Å². The maximum absolute atomic E-state index is 13.9. The molecule has 0 saturated heterocycles. The average Bonchev–Trinajstić information content (AvgIpc) is 1.70. The number of fused-ring (bicyclic) bond motifs is 8. The maximum atomic E-state index is 13.9. The number of amides is 8. The number of halogens is 15. The third-order valence-electron chi connectivity index (χ3n) is 22.2. The van der Waals surface area contributed by atoms with Crippen molar-refractivity contribution >= 4 is 154 Å². The Kier molecular flexibility index (Phi) is 25.1. The maximum Gasteiger partial charge on any atom is 0.405 e. The number of carbonyl (C=O) groups is 4. The predicted molar refractivity (Wildman–Crippen MR) is 498 cm³/mol. The van der Waals surface area contributed by atoms with E-state index in [0.29, 0.717) is 67.6 Å². The van der Waals surface area contributed by atoms with Gasteiger partial charge in [0.15, 0.2) is 18.2 Å². The molecule has 4 N–H and O–H groups in total. The van der Waals surface area contributed by atoms with Gasteiger partial charge in [0.25, 0.3) is 6.43 Å². The van der Waals surface area contributed by atoms with Crippen molar-refractivity contribution in [2.75, 3.05) is 95.5 Å². The molecule has 0 aliphatic carbocycles. The van der Waals surface area contributed by atoms with Crippen molar-refractivity contribution in [3.8, 4) is 28.9 Å². The zero-order chi connectivity index (χ0) is 106. The Hall–Kier alpha value is -17.5. The van der Waals surface area contributed by atoms with Crippen molar-refractivity contribution in [3.05, 3.63) is 253 Å². The second-order valence-electron chi connectivity index (χ2n) is 31.8. The first-order valence-corrected chi connectivity index (χ1v) is 42.5. The van der Waals surface area contributed by atoms with E-state index in [1.807, 2.05) is 62.1 Å². The molecular formula is C94H78F15N25O9. The number of hydrogen-bond acceptors (Lipinski definition) is 22. The summed E-state index contributed by atoms with van der Waals surface area (Å²) in [5, 5.41) is 24.0. The largest absolute Gasteiger partial charge is 0.497 e. The summed E-state index contributed by atoms with van der Waals surface area (Å²) in [5.74, 6) is 0.944. The fourth-order valence-electron chi connectivity index (χ4n) is 15.6. The molecule has 0 saturated carbocycles. The van der Waals surface area contributed by atoms with Crippen LogP contribution in [0.3, 0.4) is 0 Å². The van der Waals surface area contributed by atoms with E-state index in [2.05, 4.69) is 80.7 Å². The number of nitrogens with one attached hydrogen (secondary N) is 4. The van der Waals surface area contributed by atoms with Gasteiger partial charge in [-0.15, -0.1) is 0 Å². The lowest BCUT2D eigenvalue weighted by Gasteiger charge is -2.36. The molecular weight excluding hydrogens is 1910 g/mol. The highest BCUT2D eigenvalue weighted by molar-refractivity contribution is 6.14. The quantitative estimate of drug-likeness (QED) is 0.0432. The first kappa shape index (κ1) is 89.4. The predicted octanol–water partition coefficient (Wildman–Crippen LogP) is 20.9. The monoisotopic (exact) mass is 1990 g/mol. The molecule has 8 aromatic heterocycles. The number of urea groups is 4. The molecule has 143 heavy (non-hydrogen) atoms. The first-order valence-electron chi connectivity index (χ1n) is 45.5. The summed E-state index contributed by atoms with van der Waals surface area (Å²) in [6.45, 7) is -11.2. The number of aromatic nitrogens is 14.